The number of halogens is 1. The van der Waals surface area contributed by atoms with Crippen LogP contribution >= 0.6 is 24.0 Å². The van der Waals surface area contributed by atoms with Crippen LogP contribution < -0.4 is 5.32 Å². The molecule has 0 amide bonds. The highest BCUT2D eigenvalue weighted by molar-refractivity contribution is 14.0. The molecule has 6 nitrogen and oxygen atoms in total. The van der Waals surface area contributed by atoms with Gasteiger partial charge >= 0.3 is 0 Å². The van der Waals surface area contributed by atoms with Crippen LogP contribution in [0.15, 0.2) is 29.3 Å². The molecule has 0 aliphatic carbocycles. The van der Waals surface area contributed by atoms with Crippen LogP contribution in [0.4, 0.5) is 0 Å². The lowest BCUT2D eigenvalue weighted by Crippen LogP contribution is -2.54. The third-order valence-corrected chi connectivity index (χ3v) is 6.49. The first-order valence-corrected chi connectivity index (χ1v) is 11.7. The smallest absolute Gasteiger partial charge is 0.194 e. The number of benzene rings is 1. The summed E-state index contributed by atoms with van der Waals surface area (Å²) in [6, 6.07) is 9.67. The first-order chi connectivity index (χ1) is 14.5. The number of hydrogen-bond acceptors (Lipinski definition) is 4. The van der Waals surface area contributed by atoms with E-state index < -0.39 is 0 Å². The van der Waals surface area contributed by atoms with Crippen molar-refractivity contribution in [3.8, 4) is 0 Å². The summed E-state index contributed by atoms with van der Waals surface area (Å²) in [6.07, 6.45) is 0. The van der Waals surface area contributed by atoms with E-state index in [1.165, 1.54) is 11.1 Å². The average molecular weight is 543 g/mol. The Balaban J connectivity index is 0.00000341. The Morgan fingerprint density at radius 3 is 2.32 bits per heavy atom. The molecular formula is C24H43IN6. The quantitative estimate of drug-likeness (QED) is 0.340. The molecule has 1 atom stereocenters. The summed E-state index contributed by atoms with van der Waals surface area (Å²) < 4.78 is 0. The Bertz CT molecular complexity index is 669. The Morgan fingerprint density at radius 1 is 1.03 bits per heavy atom. The van der Waals surface area contributed by atoms with Gasteiger partial charge in [0.05, 0.1) is 6.54 Å². The number of likely N-dealkylation sites (N-methyl/N-ethyl adjacent to an activating group) is 2. The van der Waals surface area contributed by atoms with Crippen LogP contribution in [-0.4, -0.2) is 105 Å². The zero-order valence-corrected chi connectivity index (χ0v) is 22.5. The van der Waals surface area contributed by atoms with Gasteiger partial charge in [-0.05, 0) is 38.1 Å². The third kappa shape index (κ3) is 7.87. The molecule has 3 rings (SSSR count). The van der Waals surface area contributed by atoms with Gasteiger partial charge in [0, 0.05) is 64.9 Å². The van der Waals surface area contributed by atoms with Crippen molar-refractivity contribution in [2.45, 2.75) is 39.3 Å². The minimum absolute atomic E-state index is 0. The monoisotopic (exact) mass is 542 g/mol. The van der Waals surface area contributed by atoms with Crippen LogP contribution in [0, 0.1) is 0 Å². The van der Waals surface area contributed by atoms with Crippen molar-refractivity contribution in [2.24, 2.45) is 4.99 Å². The molecule has 31 heavy (non-hydrogen) atoms. The van der Waals surface area contributed by atoms with Crippen LogP contribution in [0.5, 0.6) is 0 Å². The SMILES string of the molecule is CCNC(=NCC1CN(C)CCN1C)N1CCN(Cc2ccc(C(C)C)cc2)CC1.I. The molecule has 1 aromatic carbocycles. The van der Waals surface area contributed by atoms with E-state index in [4.69, 9.17) is 4.99 Å². The molecule has 0 saturated carbocycles. The largest absolute Gasteiger partial charge is 0.357 e. The number of nitrogens with zero attached hydrogens (tertiary/aromatic N) is 5. The van der Waals surface area contributed by atoms with Crippen molar-refractivity contribution in [1.82, 2.24) is 24.9 Å². The van der Waals surface area contributed by atoms with E-state index in [-0.39, 0.29) is 24.0 Å². The summed E-state index contributed by atoms with van der Waals surface area (Å²) in [4.78, 5) is 14.9. The lowest BCUT2D eigenvalue weighted by atomic mass is 10.0. The normalized spacial score (nSPS) is 21.9. The summed E-state index contributed by atoms with van der Waals surface area (Å²) in [5, 5.41) is 3.52. The first-order valence-electron chi connectivity index (χ1n) is 11.7. The number of nitrogens with one attached hydrogen (secondary N) is 1. The van der Waals surface area contributed by atoms with Gasteiger partial charge in [0.2, 0.25) is 0 Å². The van der Waals surface area contributed by atoms with E-state index in [1.807, 2.05) is 0 Å². The molecule has 0 aromatic heterocycles. The fourth-order valence-electron chi connectivity index (χ4n) is 4.30. The molecule has 2 heterocycles. The fourth-order valence-corrected chi connectivity index (χ4v) is 4.30. The molecule has 0 radical (unpaired) electrons. The Kier molecular flexibility index (Phi) is 11.0. The molecule has 2 saturated heterocycles. The lowest BCUT2D eigenvalue weighted by Gasteiger charge is -2.38. The van der Waals surface area contributed by atoms with E-state index in [1.54, 1.807) is 0 Å². The van der Waals surface area contributed by atoms with Gasteiger partial charge in [-0.1, -0.05) is 38.1 Å². The molecule has 176 valence electrons. The maximum atomic E-state index is 5.03. The van der Waals surface area contributed by atoms with Gasteiger partial charge in [-0.15, -0.1) is 24.0 Å². The Morgan fingerprint density at radius 2 is 1.71 bits per heavy atom. The average Bonchev–Trinajstić information content (AvgIpc) is 2.74. The van der Waals surface area contributed by atoms with Gasteiger partial charge in [-0.2, -0.15) is 0 Å². The predicted octanol–water partition coefficient (Wildman–Crippen LogP) is 2.76. The lowest BCUT2D eigenvalue weighted by molar-refractivity contribution is 0.119. The third-order valence-electron chi connectivity index (χ3n) is 6.49. The van der Waals surface area contributed by atoms with Gasteiger partial charge in [0.25, 0.3) is 0 Å². The highest BCUT2D eigenvalue weighted by Gasteiger charge is 2.23. The molecule has 1 aromatic rings. The second kappa shape index (κ2) is 13.0. The standard InChI is InChI=1S/C24H42N6.HI/c1-6-25-24(26-17-23-19-27(4)11-12-28(23)5)30-15-13-29(14-16-30)18-21-7-9-22(10-8-21)20(2)3;/h7-10,20,23H,6,11-19H2,1-5H3,(H,25,26);1H. The van der Waals surface area contributed by atoms with Crippen molar-refractivity contribution in [3.05, 3.63) is 35.4 Å². The zero-order valence-electron chi connectivity index (χ0n) is 20.2. The number of rotatable bonds is 6. The Hall–Kier alpha value is -0.900. The number of guanidine groups is 1. The zero-order chi connectivity index (χ0) is 21.5. The summed E-state index contributed by atoms with van der Waals surface area (Å²) in [6.45, 7) is 17.1. The minimum Gasteiger partial charge on any atom is -0.357 e. The van der Waals surface area contributed by atoms with Gasteiger partial charge in [-0.3, -0.25) is 14.8 Å². The van der Waals surface area contributed by atoms with Crippen molar-refractivity contribution in [3.63, 3.8) is 0 Å². The maximum Gasteiger partial charge on any atom is 0.194 e. The minimum atomic E-state index is 0. The fraction of sp³-hybridized carbons (Fsp3) is 0.708. The maximum absolute atomic E-state index is 5.03. The molecular weight excluding hydrogens is 499 g/mol. The molecule has 2 fully saturated rings. The van der Waals surface area contributed by atoms with Gasteiger partial charge in [-0.25, -0.2) is 0 Å². The van der Waals surface area contributed by atoms with E-state index in [9.17, 15) is 0 Å². The summed E-state index contributed by atoms with van der Waals surface area (Å²) in [5.41, 5.74) is 2.84. The van der Waals surface area contributed by atoms with Crippen LogP contribution in [0.25, 0.3) is 0 Å². The molecule has 2 aliphatic heterocycles. The highest BCUT2D eigenvalue weighted by Crippen LogP contribution is 2.16. The van der Waals surface area contributed by atoms with Crippen LogP contribution in [0.3, 0.4) is 0 Å². The van der Waals surface area contributed by atoms with Crippen LogP contribution in [-0.2, 0) is 6.54 Å². The van der Waals surface area contributed by atoms with Crippen molar-refractivity contribution in [2.75, 3.05) is 73.0 Å². The first kappa shape index (κ1) is 26.4. The number of aliphatic imine (C=N–C) groups is 1. The Labute approximate surface area is 207 Å². The molecule has 1 N–H and O–H groups in total. The van der Waals surface area contributed by atoms with E-state index in [2.05, 4.69) is 84.0 Å². The van der Waals surface area contributed by atoms with Crippen LogP contribution in [0.2, 0.25) is 0 Å². The second-order valence-corrected chi connectivity index (χ2v) is 9.25. The topological polar surface area (TPSA) is 37.4 Å². The van der Waals surface area contributed by atoms with Gasteiger partial charge in [0.1, 0.15) is 0 Å². The van der Waals surface area contributed by atoms with Crippen LogP contribution in [0.1, 0.15) is 37.8 Å². The second-order valence-electron chi connectivity index (χ2n) is 9.25. The van der Waals surface area contributed by atoms with Crippen molar-refractivity contribution in [1.29, 1.82) is 0 Å². The summed E-state index contributed by atoms with van der Waals surface area (Å²) >= 11 is 0. The molecule has 7 heteroatoms. The highest BCUT2D eigenvalue weighted by atomic mass is 127. The van der Waals surface area contributed by atoms with Gasteiger partial charge < -0.3 is 15.1 Å². The van der Waals surface area contributed by atoms with Crippen molar-refractivity contribution >= 4 is 29.9 Å². The van der Waals surface area contributed by atoms with Crippen molar-refractivity contribution < 1.29 is 0 Å². The van der Waals surface area contributed by atoms with E-state index in [0.29, 0.717) is 12.0 Å². The van der Waals surface area contributed by atoms with E-state index in [0.717, 1.165) is 71.4 Å². The molecule has 0 bridgehead atoms. The number of piperazine rings is 2. The summed E-state index contributed by atoms with van der Waals surface area (Å²) in [5.74, 6) is 1.68. The molecule has 2 aliphatic rings. The summed E-state index contributed by atoms with van der Waals surface area (Å²) in [7, 11) is 4.44. The molecule has 0 spiro atoms. The predicted molar refractivity (Wildman–Crippen MR) is 143 cm³/mol. The van der Waals surface area contributed by atoms with E-state index >= 15 is 0 Å². The number of hydrogen-bond donors (Lipinski definition) is 1. The molecule has 1 unspecified atom stereocenters. The van der Waals surface area contributed by atoms with Gasteiger partial charge in [0.15, 0.2) is 5.96 Å².